The van der Waals surface area contributed by atoms with Crippen molar-refractivity contribution in [3.05, 3.63) is 59.0 Å². The zero-order valence-electron chi connectivity index (χ0n) is 13.3. The van der Waals surface area contributed by atoms with Crippen LogP contribution >= 0.6 is 0 Å². The minimum atomic E-state index is -0.203. The highest BCUT2D eigenvalue weighted by atomic mass is 16.5. The van der Waals surface area contributed by atoms with Crippen LogP contribution in [-0.2, 0) is 6.54 Å². The second-order valence-electron chi connectivity index (χ2n) is 5.37. The fourth-order valence-corrected chi connectivity index (χ4v) is 2.37. The molecule has 3 rings (SSSR count). The van der Waals surface area contributed by atoms with Crippen molar-refractivity contribution in [3.8, 4) is 5.75 Å². The van der Waals surface area contributed by atoms with E-state index in [4.69, 9.17) is 4.74 Å². The number of hydrogen-bond donors (Lipinski definition) is 1. The predicted molar refractivity (Wildman–Crippen MR) is 86.6 cm³/mol. The maximum Gasteiger partial charge on any atom is 0.270 e. The fourth-order valence-electron chi connectivity index (χ4n) is 2.37. The third kappa shape index (κ3) is 3.15. The molecule has 0 saturated carbocycles. The molecule has 0 unspecified atom stereocenters. The Bertz CT molecular complexity index is 853. The number of aryl methyl sites for hydroxylation is 2. The lowest BCUT2D eigenvalue weighted by molar-refractivity contribution is 0.0946. The number of rotatable bonds is 4. The van der Waals surface area contributed by atoms with Crippen LogP contribution in [0.5, 0.6) is 5.75 Å². The molecule has 0 aliphatic rings. The standard InChI is InChI=1S/C17H18N4O2/c1-11-8-16-19-15(9-12(2)21(16)20-11)17(22)18-10-13-4-6-14(23-3)7-5-13/h4-9H,10H2,1-3H3,(H,18,22). The van der Waals surface area contributed by atoms with Crippen LogP contribution in [0.15, 0.2) is 36.4 Å². The van der Waals surface area contributed by atoms with E-state index in [2.05, 4.69) is 15.4 Å². The van der Waals surface area contributed by atoms with Crippen LogP contribution in [0.2, 0.25) is 0 Å². The van der Waals surface area contributed by atoms with Gasteiger partial charge < -0.3 is 10.1 Å². The van der Waals surface area contributed by atoms with Crippen LogP contribution < -0.4 is 10.1 Å². The normalized spacial score (nSPS) is 10.7. The van der Waals surface area contributed by atoms with Gasteiger partial charge in [0.15, 0.2) is 5.65 Å². The van der Waals surface area contributed by atoms with Gasteiger partial charge in [0.05, 0.1) is 12.8 Å². The van der Waals surface area contributed by atoms with E-state index in [9.17, 15) is 4.79 Å². The van der Waals surface area contributed by atoms with E-state index < -0.39 is 0 Å². The summed E-state index contributed by atoms with van der Waals surface area (Å²) >= 11 is 0. The van der Waals surface area contributed by atoms with Gasteiger partial charge in [-0.1, -0.05) is 12.1 Å². The van der Waals surface area contributed by atoms with E-state index in [0.29, 0.717) is 17.9 Å². The van der Waals surface area contributed by atoms with Crippen LogP contribution in [0.4, 0.5) is 0 Å². The van der Waals surface area contributed by atoms with Gasteiger partial charge in [-0.15, -0.1) is 0 Å². The second-order valence-corrected chi connectivity index (χ2v) is 5.37. The zero-order valence-corrected chi connectivity index (χ0v) is 13.3. The molecule has 0 spiro atoms. The van der Waals surface area contributed by atoms with Crippen molar-refractivity contribution in [3.63, 3.8) is 0 Å². The Morgan fingerprint density at radius 2 is 1.96 bits per heavy atom. The molecule has 6 nitrogen and oxygen atoms in total. The molecular formula is C17H18N4O2. The first-order chi connectivity index (χ1) is 11.1. The predicted octanol–water partition coefficient (Wildman–Crippen LogP) is 2.28. The summed E-state index contributed by atoms with van der Waals surface area (Å²) in [5, 5.41) is 7.21. The van der Waals surface area contributed by atoms with E-state index >= 15 is 0 Å². The second kappa shape index (κ2) is 6.08. The third-order valence-electron chi connectivity index (χ3n) is 3.57. The summed E-state index contributed by atoms with van der Waals surface area (Å²) in [6.07, 6.45) is 0. The Balaban J connectivity index is 1.74. The van der Waals surface area contributed by atoms with Gasteiger partial charge in [0.25, 0.3) is 5.91 Å². The highest BCUT2D eigenvalue weighted by molar-refractivity contribution is 5.92. The molecule has 2 heterocycles. The highest BCUT2D eigenvalue weighted by Gasteiger charge is 2.11. The van der Waals surface area contributed by atoms with Crippen LogP contribution in [-0.4, -0.2) is 27.6 Å². The minimum Gasteiger partial charge on any atom is -0.497 e. The third-order valence-corrected chi connectivity index (χ3v) is 3.57. The zero-order chi connectivity index (χ0) is 16.4. The van der Waals surface area contributed by atoms with Crippen LogP contribution in [0, 0.1) is 13.8 Å². The Morgan fingerprint density at radius 1 is 1.22 bits per heavy atom. The summed E-state index contributed by atoms with van der Waals surface area (Å²) in [6.45, 7) is 4.24. The number of methoxy groups -OCH3 is 1. The SMILES string of the molecule is COc1ccc(CNC(=O)c2cc(C)n3nc(C)cc3n2)cc1. The topological polar surface area (TPSA) is 68.5 Å². The van der Waals surface area contributed by atoms with Crippen molar-refractivity contribution < 1.29 is 9.53 Å². The van der Waals surface area contributed by atoms with E-state index in [1.54, 1.807) is 17.7 Å². The molecule has 3 aromatic rings. The monoisotopic (exact) mass is 310 g/mol. The number of fused-ring (bicyclic) bond motifs is 1. The quantitative estimate of drug-likeness (QED) is 0.803. The molecular weight excluding hydrogens is 292 g/mol. The first-order valence-corrected chi connectivity index (χ1v) is 7.32. The fraction of sp³-hybridized carbons (Fsp3) is 0.235. The summed E-state index contributed by atoms with van der Waals surface area (Å²) in [7, 11) is 1.62. The Labute approximate surface area is 134 Å². The number of carbonyl (C=O) groups excluding carboxylic acids is 1. The number of amides is 1. The van der Waals surface area contributed by atoms with Gasteiger partial charge in [-0.2, -0.15) is 5.10 Å². The summed E-state index contributed by atoms with van der Waals surface area (Å²) in [4.78, 5) is 16.7. The molecule has 0 atom stereocenters. The van der Waals surface area contributed by atoms with Gasteiger partial charge in [-0.3, -0.25) is 4.79 Å². The number of nitrogens with zero attached hydrogens (tertiary/aromatic N) is 3. The molecule has 1 amide bonds. The van der Waals surface area contributed by atoms with Gasteiger partial charge >= 0.3 is 0 Å². The van der Waals surface area contributed by atoms with Gasteiger partial charge in [0.2, 0.25) is 0 Å². The number of nitrogens with one attached hydrogen (secondary N) is 1. The molecule has 0 radical (unpaired) electrons. The van der Waals surface area contributed by atoms with Gasteiger partial charge in [-0.05, 0) is 37.6 Å². The van der Waals surface area contributed by atoms with Crippen molar-refractivity contribution in [1.82, 2.24) is 19.9 Å². The number of carbonyl (C=O) groups is 1. The van der Waals surface area contributed by atoms with E-state index in [1.807, 2.05) is 44.2 Å². The van der Waals surface area contributed by atoms with Gasteiger partial charge in [0, 0.05) is 18.3 Å². The molecule has 0 aliphatic carbocycles. The minimum absolute atomic E-state index is 0.203. The Kier molecular flexibility index (Phi) is 3.97. The smallest absolute Gasteiger partial charge is 0.270 e. The van der Waals surface area contributed by atoms with E-state index in [1.165, 1.54) is 0 Å². The van der Waals surface area contributed by atoms with Crippen LogP contribution in [0.25, 0.3) is 5.65 Å². The average Bonchev–Trinajstić information content (AvgIpc) is 2.94. The maximum atomic E-state index is 12.3. The van der Waals surface area contributed by atoms with Crippen LogP contribution in [0.3, 0.4) is 0 Å². The van der Waals surface area contributed by atoms with Crippen molar-refractivity contribution in [2.45, 2.75) is 20.4 Å². The molecule has 0 fully saturated rings. The Morgan fingerprint density at radius 3 is 2.65 bits per heavy atom. The maximum absolute atomic E-state index is 12.3. The van der Waals surface area contributed by atoms with Crippen LogP contribution in [0.1, 0.15) is 27.4 Å². The van der Waals surface area contributed by atoms with E-state index in [-0.39, 0.29) is 5.91 Å². The van der Waals surface area contributed by atoms with Gasteiger partial charge in [-0.25, -0.2) is 9.50 Å². The lowest BCUT2D eigenvalue weighted by Gasteiger charge is -2.07. The Hall–Kier alpha value is -2.89. The number of hydrogen-bond acceptors (Lipinski definition) is 4. The number of aromatic nitrogens is 3. The molecule has 23 heavy (non-hydrogen) atoms. The lowest BCUT2D eigenvalue weighted by atomic mass is 10.2. The number of ether oxygens (including phenoxy) is 1. The van der Waals surface area contributed by atoms with Crippen molar-refractivity contribution in [2.24, 2.45) is 0 Å². The summed E-state index contributed by atoms with van der Waals surface area (Å²) in [5.74, 6) is 0.587. The molecule has 118 valence electrons. The lowest BCUT2D eigenvalue weighted by Crippen LogP contribution is -2.24. The van der Waals surface area contributed by atoms with Crippen molar-refractivity contribution >= 4 is 11.6 Å². The average molecular weight is 310 g/mol. The molecule has 2 aromatic heterocycles. The molecule has 0 saturated heterocycles. The summed E-state index contributed by atoms with van der Waals surface area (Å²) in [5.41, 5.74) is 3.81. The highest BCUT2D eigenvalue weighted by Crippen LogP contribution is 2.12. The molecule has 0 aliphatic heterocycles. The largest absolute Gasteiger partial charge is 0.497 e. The van der Waals surface area contributed by atoms with Gasteiger partial charge in [0.1, 0.15) is 11.4 Å². The number of benzene rings is 1. The summed E-state index contributed by atoms with van der Waals surface area (Å²) in [6, 6.07) is 11.2. The summed E-state index contributed by atoms with van der Waals surface area (Å²) < 4.78 is 6.85. The first kappa shape index (κ1) is 15.0. The molecule has 6 heteroatoms. The molecule has 1 N–H and O–H groups in total. The van der Waals surface area contributed by atoms with Crippen molar-refractivity contribution in [2.75, 3.05) is 7.11 Å². The van der Waals surface area contributed by atoms with E-state index in [0.717, 1.165) is 22.7 Å². The van der Waals surface area contributed by atoms with Crippen molar-refractivity contribution in [1.29, 1.82) is 0 Å². The molecule has 1 aromatic carbocycles. The first-order valence-electron chi connectivity index (χ1n) is 7.32. The molecule has 0 bridgehead atoms.